The summed E-state index contributed by atoms with van der Waals surface area (Å²) >= 11 is 0. The number of carbonyl (C=O) groups excluding carboxylic acids is 1. The lowest BCUT2D eigenvalue weighted by Gasteiger charge is -2.23. The second kappa shape index (κ2) is 9.26. The van der Waals surface area contributed by atoms with E-state index in [0.29, 0.717) is 22.9 Å². The van der Waals surface area contributed by atoms with Crippen molar-refractivity contribution in [1.82, 2.24) is 4.57 Å². The molecule has 1 amide bonds. The lowest BCUT2D eigenvalue weighted by molar-refractivity contribution is -0.114. The molecular formula is C25H27N3O5S. The smallest absolute Gasteiger partial charge is 0.245 e. The monoisotopic (exact) mass is 481 g/mol. The molecule has 0 saturated heterocycles. The van der Waals surface area contributed by atoms with E-state index in [1.54, 1.807) is 12.1 Å². The fourth-order valence-corrected chi connectivity index (χ4v) is 5.03. The van der Waals surface area contributed by atoms with Gasteiger partial charge in [-0.3, -0.25) is 9.10 Å². The Labute approximate surface area is 198 Å². The zero-order chi connectivity index (χ0) is 24.5. The Kier molecular flexibility index (Phi) is 6.39. The number of methoxy groups -OCH3 is 2. The molecule has 178 valence electrons. The van der Waals surface area contributed by atoms with Crippen LogP contribution in [0.4, 0.5) is 11.4 Å². The standard InChI is InChI=1S/C25H27N3O5S/c1-5-27-21-9-7-6-8-19(21)20-14-17(10-12-22(20)27)26-25(29)16-28(34(4,30)31)18-11-13-23(32-2)24(15-18)33-3/h6-15H,5,16H2,1-4H3,(H,26,29). The molecule has 0 atom stereocenters. The van der Waals surface area contributed by atoms with Crippen LogP contribution in [0.5, 0.6) is 11.5 Å². The van der Waals surface area contributed by atoms with Gasteiger partial charge in [-0.05, 0) is 43.3 Å². The van der Waals surface area contributed by atoms with Crippen molar-refractivity contribution in [2.45, 2.75) is 13.5 Å². The van der Waals surface area contributed by atoms with Crippen molar-refractivity contribution in [3.8, 4) is 11.5 Å². The quantitative estimate of drug-likeness (QED) is 0.407. The number of anilines is 2. The number of rotatable bonds is 8. The Bertz CT molecular complexity index is 1480. The van der Waals surface area contributed by atoms with E-state index in [2.05, 4.69) is 28.9 Å². The van der Waals surface area contributed by atoms with Crippen LogP contribution < -0.4 is 19.1 Å². The molecule has 3 aromatic carbocycles. The van der Waals surface area contributed by atoms with Crippen molar-refractivity contribution < 1.29 is 22.7 Å². The number of amides is 1. The second-order valence-electron chi connectivity index (χ2n) is 7.85. The van der Waals surface area contributed by atoms with Gasteiger partial charge in [0.15, 0.2) is 11.5 Å². The first-order valence-electron chi connectivity index (χ1n) is 10.8. The molecule has 1 N–H and O–H groups in total. The zero-order valence-corrected chi connectivity index (χ0v) is 20.3. The van der Waals surface area contributed by atoms with Crippen LogP contribution in [0.15, 0.2) is 60.7 Å². The molecule has 0 bridgehead atoms. The van der Waals surface area contributed by atoms with Crippen LogP contribution in [-0.2, 0) is 21.4 Å². The summed E-state index contributed by atoms with van der Waals surface area (Å²) in [5, 5.41) is 4.96. The second-order valence-corrected chi connectivity index (χ2v) is 9.76. The van der Waals surface area contributed by atoms with E-state index in [1.807, 2.05) is 30.3 Å². The summed E-state index contributed by atoms with van der Waals surface area (Å²) in [5.74, 6) is 0.370. The van der Waals surface area contributed by atoms with Gasteiger partial charge < -0.3 is 19.4 Å². The molecule has 0 fully saturated rings. The van der Waals surface area contributed by atoms with Crippen molar-refractivity contribution >= 4 is 49.1 Å². The molecule has 0 saturated carbocycles. The van der Waals surface area contributed by atoms with Gasteiger partial charge in [-0.2, -0.15) is 0 Å². The summed E-state index contributed by atoms with van der Waals surface area (Å²) in [6.07, 6.45) is 1.06. The van der Waals surface area contributed by atoms with Gasteiger partial charge in [-0.1, -0.05) is 18.2 Å². The minimum absolute atomic E-state index is 0.303. The third-order valence-corrected chi connectivity index (χ3v) is 6.86. The van der Waals surface area contributed by atoms with E-state index in [1.165, 1.54) is 20.3 Å². The SMILES string of the molecule is CCn1c2ccccc2c2cc(NC(=O)CN(c3ccc(OC)c(OC)c3)S(C)(=O)=O)ccc21. The summed E-state index contributed by atoms with van der Waals surface area (Å²) in [7, 11) is -0.783. The lowest BCUT2D eigenvalue weighted by Crippen LogP contribution is -2.37. The lowest BCUT2D eigenvalue weighted by atomic mass is 10.1. The maximum Gasteiger partial charge on any atom is 0.245 e. The Morgan fingerprint density at radius 1 is 0.941 bits per heavy atom. The molecule has 0 aliphatic carbocycles. The third kappa shape index (κ3) is 4.38. The van der Waals surface area contributed by atoms with E-state index in [9.17, 15) is 13.2 Å². The Morgan fingerprint density at radius 2 is 1.65 bits per heavy atom. The summed E-state index contributed by atoms with van der Waals surface area (Å²) < 4.78 is 38.8. The highest BCUT2D eigenvalue weighted by Crippen LogP contribution is 2.33. The van der Waals surface area contributed by atoms with Crippen LogP contribution in [-0.4, -0.2) is 45.9 Å². The Balaban J connectivity index is 1.63. The summed E-state index contributed by atoms with van der Waals surface area (Å²) in [4.78, 5) is 12.9. The molecule has 8 nitrogen and oxygen atoms in total. The average molecular weight is 482 g/mol. The number of hydrogen-bond acceptors (Lipinski definition) is 5. The van der Waals surface area contributed by atoms with E-state index in [-0.39, 0.29) is 6.54 Å². The van der Waals surface area contributed by atoms with E-state index < -0.39 is 15.9 Å². The predicted molar refractivity (Wildman–Crippen MR) is 135 cm³/mol. The number of para-hydroxylation sites is 1. The van der Waals surface area contributed by atoms with Crippen molar-refractivity contribution in [3.05, 3.63) is 60.7 Å². The fraction of sp³-hybridized carbons (Fsp3) is 0.240. The molecule has 4 aromatic rings. The average Bonchev–Trinajstić information content (AvgIpc) is 3.14. The van der Waals surface area contributed by atoms with Crippen molar-refractivity contribution in [1.29, 1.82) is 0 Å². The van der Waals surface area contributed by atoms with E-state index >= 15 is 0 Å². The van der Waals surface area contributed by atoms with Gasteiger partial charge in [-0.15, -0.1) is 0 Å². The minimum Gasteiger partial charge on any atom is -0.493 e. The maximum absolute atomic E-state index is 12.9. The van der Waals surface area contributed by atoms with Gasteiger partial charge in [0.25, 0.3) is 0 Å². The number of carbonyl (C=O) groups is 1. The molecule has 4 rings (SSSR count). The molecule has 0 unspecified atom stereocenters. The molecular weight excluding hydrogens is 454 g/mol. The van der Waals surface area contributed by atoms with Gasteiger partial charge in [0.1, 0.15) is 6.54 Å². The van der Waals surface area contributed by atoms with Crippen LogP contribution in [0.3, 0.4) is 0 Å². The zero-order valence-electron chi connectivity index (χ0n) is 19.5. The van der Waals surface area contributed by atoms with Crippen LogP contribution in [0.2, 0.25) is 0 Å². The molecule has 0 aliphatic heterocycles. The van der Waals surface area contributed by atoms with Crippen LogP contribution >= 0.6 is 0 Å². The number of hydrogen-bond donors (Lipinski definition) is 1. The Hall–Kier alpha value is -3.72. The fourth-order valence-electron chi connectivity index (χ4n) is 4.18. The van der Waals surface area contributed by atoms with E-state index in [0.717, 1.165) is 38.9 Å². The maximum atomic E-state index is 12.9. The molecule has 0 aliphatic rings. The van der Waals surface area contributed by atoms with Gasteiger partial charge in [0, 0.05) is 40.1 Å². The van der Waals surface area contributed by atoms with Gasteiger partial charge in [0.05, 0.1) is 26.2 Å². The molecule has 1 aromatic heterocycles. The molecule has 0 radical (unpaired) electrons. The van der Waals surface area contributed by atoms with Gasteiger partial charge >= 0.3 is 0 Å². The molecule has 1 heterocycles. The van der Waals surface area contributed by atoms with E-state index in [4.69, 9.17) is 9.47 Å². The highest BCUT2D eigenvalue weighted by atomic mass is 32.2. The molecule has 34 heavy (non-hydrogen) atoms. The molecule has 9 heteroatoms. The van der Waals surface area contributed by atoms with Crippen molar-refractivity contribution in [2.75, 3.05) is 36.6 Å². The number of ether oxygens (including phenoxy) is 2. The minimum atomic E-state index is -3.74. The largest absolute Gasteiger partial charge is 0.493 e. The van der Waals surface area contributed by atoms with Crippen LogP contribution in [0, 0.1) is 0 Å². The number of benzene rings is 3. The number of aromatic nitrogens is 1. The predicted octanol–water partition coefficient (Wildman–Crippen LogP) is 4.24. The van der Waals surface area contributed by atoms with Gasteiger partial charge in [-0.25, -0.2) is 8.42 Å². The number of fused-ring (bicyclic) bond motifs is 3. The number of nitrogens with zero attached hydrogens (tertiary/aromatic N) is 2. The number of sulfonamides is 1. The summed E-state index contributed by atoms with van der Waals surface area (Å²) in [5.41, 5.74) is 3.10. The van der Waals surface area contributed by atoms with Crippen molar-refractivity contribution in [2.24, 2.45) is 0 Å². The first-order chi connectivity index (χ1) is 16.3. The highest BCUT2D eigenvalue weighted by Gasteiger charge is 2.22. The van der Waals surface area contributed by atoms with Gasteiger partial charge in [0.2, 0.25) is 15.9 Å². The number of aryl methyl sites for hydroxylation is 1. The highest BCUT2D eigenvalue weighted by molar-refractivity contribution is 7.92. The Morgan fingerprint density at radius 3 is 2.32 bits per heavy atom. The number of nitrogens with one attached hydrogen (secondary N) is 1. The topological polar surface area (TPSA) is 89.9 Å². The van der Waals surface area contributed by atoms with Crippen LogP contribution in [0.25, 0.3) is 21.8 Å². The van der Waals surface area contributed by atoms with Crippen molar-refractivity contribution in [3.63, 3.8) is 0 Å². The third-order valence-electron chi connectivity index (χ3n) is 5.72. The first kappa shape index (κ1) is 23.4. The van der Waals surface area contributed by atoms with Crippen LogP contribution in [0.1, 0.15) is 6.92 Å². The summed E-state index contributed by atoms with van der Waals surface area (Å²) in [6.45, 7) is 2.53. The normalized spacial score (nSPS) is 11.5. The molecule has 0 spiro atoms. The first-order valence-corrected chi connectivity index (χ1v) is 12.6. The summed E-state index contributed by atoms with van der Waals surface area (Å²) in [6, 6.07) is 18.5.